The van der Waals surface area contributed by atoms with E-state index in [0.29, 0.717) is 12.1 Å². The van der Waals surface area contributed by atoms with Crippen molar-refractivity contribution in [3.05, 3.63) is 70.8 Å². The van der Waals surface area contributed by atoms with Crippen LogP contribution in [0, 0.1) is 6.92 Å². The van der Waals surface area contributed by atoms with Crippen LogP contribution in [0.1, 0.15) is 41.6 Å². The third-order valence-electron chi connectivity index (χ3n) is 4.49. The Kier molecular flexibility index (Phi) is 3.88. The molecule has 2 aromatic rings. The van der Waals surface area contributed by atoms with Crippen molar-refractivity contribution in [2.24, 2.45) is 0 Å². The Morgan fingerprint density at radius 3 is 2.50 bits per heavy atom. The van der Waals surface area contributed by atoms with Gasteiger partial charge in [0.1, 0.15) is 0 Å². The van der Waals surface area contributed by atoms with Crippen molar-refractivity contribution in [1.29, 1.82) is 0 Å². The Balaban J connectivity index is 1.69. The normalized spacial score (nSPS) is 19.4. The number of aryl methyl sites for hydroxylation is 2. The fourth-order valence-electron chi connectivity index (χ4n) is 3.36. The molecular formula is C19H23N. The molecule has 0 bridgehead atoms. The van der Waals surface area contributed by atoms with E-state index in [9.17, 15) is 0 Å². The van der Waals surface area contributed by atoms with E-state index in [4.69, 9.17) is 0 Å². The van der Waals surface area contributed by atoms with Crippen LogP contribution in [0.25, 0.3) is 0 Å². The number of hydrogen-bond donors (Lipinski definition) is 1. The van der Waals surface area contributed by atoms with Gasteiger partial charge in [0, 0.05) is 12.1 Å². The molecule has 20 heavy (non-hydrogen) atoms. The fourth-order valence-corrected chi connectivity index (χ4v) is 3.36. The zero-order valence-corrected chi connectivity index (χ0v) is 12.4. The van der Waals surface area contributed by atoms with E-state index in [1.54, 1.807) is 0 Å². The summed E-state index contributed by atoms with van der Waals surface area (Å²) in [6, 6.07) is 18.6. The van der Waals surface area contributed by atoms with Crippen LogP contribution in [0.3, 0.4) is 0 Å². The van der Waals surface area contributed by atoms with Gasteiger partial charge in [0.15, 0.2) is 0 Å². The Morgan fingerprint density at radius 2 is 1.70 bits per heavy atom. The molecule has 1 nitrogen and oxygen atoms in total. The highest BCUT2D eigenvalue weighted by molar-refractivity contribution is 5.31. The summed E-state index contributed by atoms with van der Waals surface area (Å²) in [5.74, 6) is 0. The lowest BCUT2D eigenvalue weighted by Gasteiger charge is -2.29. The Labute approximate surface area is 122 Å². The van der Waals surface area contributed by atoms with Gasteiger partial charge in [-0.2, -0.15) is 0 Å². The van der Waals surface area contributed by atoms with Gasteiger partial charge in [0.05, 0.1) is 0 Å². The third kappa shape index (κ3) is 2.78. The van der Waals surface area contributed by atoms with Crippen LogP contribution in [0.5, 0.6) is 0 Å². The lowest BCUT2D eigenvalue weighted by Crippen LogP contribution is -2.36. The predicted molar refractivity (Wildman–Crippen MR) is 85.0 cm³/mol. The molecule has 2 unspecified atom stereocenters. The first-order valence-electron chi connectivity index (χ1n) is 7.62. The molecule has 0 saturated carbocycles. The number of benzene rings is 2. The molecule has 2 aromatic carbocycles. The van der Waals surface area contributed by atoms with Crippen LogP contribution >= 0.6 is 0 Å². The van der Waals surface area contributed by atoms with Crippen molar-refractivity contribution in [3.8, 4) is 0 Å². The summed E-state index contributed by atoms with van der Waals surface area (Å²) >= 11 is 0. The molecule has 0 fully saturated rings. The van der Waals surface area contributed by atoms with Crippen molar-refractivity contribution in [3.63, 3.8) is 0 Å². The monoisotopic (exact) mass is 265 g/mol. The van der Waals surface area contributed by atoms with E-state index in [-0.39, 0.29) is 0 Å². The minimum Gasteiger partial charge on any atom is -0.307 e. The van der Waals surface area contributed by atoms with Crippen LogP contribution in [0.15, 0.2) is 48.5 Å². The average molecular weight is 265 g/mol. The van der Waals surface area contributed by atoms with Crippen molar-refractivity contribution >= 4 is 0 Å². The SMILES string of the molecule is Cc1ccccc1C(C)NC1CCc2ccccc2C1. The highest BCUT2D eigenvalue weighted by atomic mass is 14.9. The minimum absolute atomic E-state index is 0.423. The summed E-state index contributed by atoms with van der Waals surface area (Å²) in [5.41, 5.74) is 5.86. The van der Waals surface area contributed by atoms with Gasteiger partial charge in [-0.15, -0.1) is 0 Å². The van der Waals surface area contributed by atoms with Crippen molar-refractivity contribution in [1.82, 2.24) is 5.32 Å². The molecular weight excluding hydrogens is 242 g/mol. The minimum atomic E-state index is 0.423. The van der Waals surface area contributed by atoms with Gasteiger partial charge in [-0.05, 0) is 55.4 Å². The van der Waals surface area contributed by atoms with Gasteiger partial charge in [-0.25, -0.2) is 0 Å². The first-order valence-corrected chi connectivity index (χ1v) is 7.62. The maximum absolute atomic E-state index is 3.82. The zero-order chi connectivity index (χ0) is 13.9. The molecule has 0 amide bonds. The molecule has 0 aromatic heterocycles. The fraction of sp³-hybridized carbons (Fsp3) is 0.368. The zero-order valence-electron chi connectivity index (χ0n) is 12.4. The van der Waals surface area contributed by atoms with E-state index in [1.807, 2.05) is 0 Å². The van der Waals surface area contributed by atoms with Gasteiger partial charge in [-0.3, -0.25) is 0 Å². The quantitative estimate of drug-likeness (QED) is 0.877. The Hall–Kier alpha value is -1.60. The average Bonchev–Trinajstić information content (AvgIpc) is 2.47. The molecule has 1 N–H and O–H groups in total. The summed E-state index contributed by atoms with van der Waals surface area (Å²) in [7, 11) is 0. The maximum atomic E-state index is 3.82. The second-order valence-electron chi connectivity index (χ2n) is 5.95. The molecule has 0 saturated heterocycles. The summed E-state index contributed by atoms with van der Waals surface area (Å²) in [5, 5.41) is 3.82. The molecule has 104 valence electrons. The molecule has 1 aliphatic rings. The van der Waals surface area contributed by atoms with E-state index in [2.05, 4.69) is 67.7 Å². The molecule has 2 atom stereocenters. The number of hydrogen-bond acceptors (Lipinski definition) is 1. The van der Waals surface area contributed by atoms with Gasteiger partial charge in [0.2, 0.25) is 0 Å². The second-order valence-corrected chi connectivity index (χ2v) is 5.95. The third-order valence-corrected chi connectivity index (χ3v) is 4.49. The molecule has 1 aliphatic carbocycles. The highest BCUT2D eigenvalue weighted by Crippen LogP contribution is 2.24. The van der Waals surface area contributed by atoms with E-state index in [1.165, 1.54) is 35.1 Å². The number of nitrogens with one attached hydrogen (secondary N) is 1. The molecule has 3 rings (SSSR count). The lowest BCUT2D eigenvalue weighted by molar-refractivity contribution is 0.413. The Morgan fingerprint density at radius 1 is 1.00 bits per heavy atom. The summed E-state index contributed by atoms with van der Waals surface area (Å²) in [6.45, 7) is 4.48. The number of rotatable bonds is 3. The first-order chi connectivity index (χ1) is 9.74. The largest absolute Gasteiger partial charge is 0.307 e. The van der Waals surface area contributed by atoms with E-state index < -0.39 is 0 Å². The summed E-state index contributed by atoms with van der Waals surface area (Å²) < 4.78 is 0. The van der Waals surface area contributed by atoms with E-state index in [0.717, 1.165) is 6.42 Å². The topological polar surface area (TPSA) is 12.0 Å². The van der Waals surface area contributed by atoms with Gasteiger partial charge < -0.3 is 5.32 Å². The van der Waals surface area contributed by atoms with Gasteiger partial charge in [-0.1, -0.05) is 48.5 Å². The van der Waals surface area contributed by atoms with Gasteiger partial charge in [0.25, 0.3) is 0 Å². The van der Waals surface area contributed by atoms with Crippen LogP contribution in [0.4, 0.5) is 0 Å². The lowest BCUT2D eigenvalue weighted by atomic mass is 9.87. The smallest absolute Gasteiger partial charge is 0.0297 e. The molecule has 1 heteroatoms. The van der Waals surface area contributed by atoms with Crippen LogP contribution in [-0.4, -0.2) is 6.04 Å². The predicted octanol–water partition coefficient (Wildman–Crippen LogP) is 4.20. The number of fused-ring (bicyclic) bond motifs is 1. The van der Waals surface area contributed by atoms with Crippen LogP contribution in [0.2, 0.25) is 0 Å². The van der Waals surface area contributed by atoms with Gasteiger partial charge >= 0.3 is 0 Å². The molecule has 0 radical (unpaired) electrons. The Bertz CT molecular complexity index is 588. The molecule has 0 aliphatic heterocycles. The summed E-state index contributed by atoms with van der Waals surface area (Å²) in [4.78, 5) is 0. The van der Waals surface area contributed by atoms with Crippen molar-refractivity contribution in [2.75, 3.05) is 0 Å². The molecule has 0 heterocycles. The van der Waals surface area contributed by atoms with Crippen molar-refractivity contribution in [2.45, 2.75) is 45.2 Å². The maximum Gasteiger partial charge on any atom is 0.0297 e. The molecule has 0 spiro atoms. The highest BCUT2D eigenvalue weighted by Gasteiger charge is 2.20. The van der Waals surface area contributed by atoms with Crippen molar-refractivity contribution < 1.29 is 0 Å². The van der Waals surface area contributed by atoms with E-state index >= 15 is 0 Å². The first kappa shape index (κ1) is 13.4. The standard InChI is InChI=1S/C19H23N/c1-14-7-3-6-10-19(14)15(2)20-18-12-11-16-8-4-5-9-17(16)13-18/h3-10,15,18,20H,11-13H2,1-2H3. The van der Waals surface area contributed by atoms with Crippen LogP contribution in [-0.2, 0) is 12.8 Å². The summed E-state index contributed by atoms with van der Waals surface area (Å²) in [6.07, 6.45) is 3.61. The second kappa shape index (κ2) is 5.80. The van der Waals surface area contributed by atoms with Crippen LogP contribution < -0.4 is 5.32 Å².